The number of halogens is 1. The maximum Gasteiger partial charge on any atom is 0.193 e. The quantitative estimate of drug-likeness (QED) is 0.422. The Kier molecular flexibility index (Phi) is 8.21. The molecule has 2 rings (SSSR count). The van der Waals surface area contributed by atoms with Gasteiger partial charge in [0.25, 0.3) is 0 Å². The smallest absolute Gasteiger partial charge is 0.193 e. The van der Waals surface area contributed by atoms with Gasteiger partial charge < -0.3 is 16.0 Å². The number of nitrogens with one attached hydrogen (secondary N) is 1. The lowest BCUT2D eigenvalue weighted by molar-refractivity contribution is 0.306. The van der Waals surface area contributed by atoms with Crippen LogP contribution in [0.5, 0.6) is 0 Å². The molecule has 0 spiro atoms. The van der Waals surface area contributed by atoms with Crippen LogP contribution in [0.4, 0.5) is 5.69 Å². The molecule has 130 valence electrons. The number of nitrogens with two attached hydrogens (primary N) is 1. The Balaban J connectivity index is 0.00000288. The topological polar surface area (TPSA) is 53.6 Å². The number of rotatable bonds is 5. The van der Waals surface area contributed by atoms with Crippen molar-refractivity contribution < 1.29 is 0 Å². The summed E-state index contributed by atoms with van der Waals surface area (Å²) in [5.74, 6) is 0.441. The number of guanidine groups is 1. The lowest BCUT2D eigenvalue weighted by Gasteiger charge is -2.23. The van der Waals surface area contributed by atoms with Crippen LogP contribution in [0.1, 0.15) is 22.7 Å². The van der Waals surface area contributed by atoms with E-state index in [1.54, 1.807) is 0 Å². The number of nitrogens with zero attached hydrogens (tertiary/aromatic N) is 2. The lowest BCUT2D eigenvalue weighted by atomic mass is 10.1. The third-order valence-electron chi connectivity index (χ3n) is 4.02. The Morgan fingerprint density at radius 1 is 1.08 bits per heavy atom. The molecule has 24 heavy (non-hydrogen) atoms. The minimum atomic E-state index is 0. The van der Waals surface area contributed by atoms with E-state index < -0.39 is 0 Å². The van der Waals surface area contributed by atoms with Crippen molar-refractivity contribution in [1.29, 1.82) is 0 Å². The van der Waals surface area contributed by atoms with E-state index in [0.29, 0.717) is 12.5 Å². The average molecular weight is 438 g/mol. The summed E-state index contributed by atoms with van der Waals surface area (Å²) < 4.78 is 0. The molecule has 0 aliphatic carbocycles. The molecule has 4 nitrogen and oxygen atoms in total. The van der Waals surface area contributed by atoms with Crippen molar-refractivity contribution in [2.24, 2.45) is 10.7 Å². The zero-order valence-electron chi connectivity index (χ0n) is 14.8. The Morgan fingerprint density at radius 3 is 2.33 bits per heavy atom. The zero-order valence-corrected chi connectivity index (χ0v) is 17.1. The summed E-state index contributed by atoms with van der Waals surface area (Å²) in [5.41, 5.74) is 10.7. The van der Waals surface area contributed by atoms with E-state index in [-0.39, 0.29) is 30.0 Å². The Bertz CT molecular complexity index is 668. The maximum atomic E-state index is 6.04. The summed E-state index contributed by atoms with van der Waals surface area (Å²) >= 11 is 0. The highest BCUT2D eigenvalue weighted by Gasteiger charge is 2.13. The molecule has 3 N–H and O–H groups in total. The number of hydrogen-bond acceptors (Lipinski definition) is 2. The van der Waals surface area contributed by atoms with E-state index in [1.165, 1.54) is 16.7 Å². The predicted molar refractivity (Wildman–Crippen MR) is 114 cm³/mol. The third kappa shape index (κ3) is 5.79. The van der Waals surface area contributed by atoms with Gasteiger partial charge in [0, 0.05) is 5.69 Å². The van der Waals surface area contributed by atoms with Gasteiger partial charge in [-0.05, 0) is 56.8 Å². The molecule has 0 bridgehead atoms. The molecule has 0 heterocycles. The van der Waals surface area contributed by atoms with Gasteiger partial charge in [-0.15, -0.1) is 24.0 Å². The second-order valence-corrected chi connectivity index (χ2v) is 6.04. The van der Waals surface area contributed by atoms with Gasteiger partial charge in [0.2, 0.25) is 0 Å². The van der Waals surface area contributed by atoms with Crippen LogP contribution in [0, 0.1) is 13.8 Å². The number of anilines is 1. The third-order valence-corrected chi connectivity index (χ3v) is 4.02. The Morgan fingerprint density at radius 2 is 1.75 bits per heavy atom. The zero-order chi connectivity index (χ0) is 16.8. The van der Waals surface area contributed by atoms with Gasteiger partial charge >= 0.3 is 0 Å². The molecule has 0 amide bonds. The second kappa shape index (κ2) is 9.64. The fourth-order valence-electron chi connectivity index (χ4n) is 2.43. The summed E-state index contributed by atoms with van der Waals surface area (Å²) in [7, 11) is 4.11. The molecular weight excluding hydrogens is 411 g/mol. The fraction of sp³-hybridized carbons (Fsp3) is 0.316. The number of hydrogen-bond donors (Lipinski definition) is 2. The van der Waals surface area contributed by atoms with E-state index in [0.717, 1.165) is 5.69 Å². The number of likely N-dealkylation sites (N-methyl/N-ethyl adjacent to an activating group) is 1. The molecule has 0 fully saturated rings. The first kappa shape index (κ1) is 20.4. The molecule has 0 saturated carbocycles. The van der Waals surface area contributed by atoms with Crippen LogP contribution in [0.2, 0.25) is 0 Å². The number of benzene rings is 2. The lowest BCUT2D eigenvalue weighted by Crippen LogP contribution is -2.27. The predicted octanol–water partition coefficient (Wildman–Crippen LogP) is 3.95. The van der Waals surface area contributed by atoms with Crippen LogP contribution in [0.3, 0.4) is 0 Å². The molecule has 5 heteroatoms. The minimum Gasteiger partial charge on any atom is -0.370 e. The van der Waals surface area contributed by atoms with Crippen LogP contribution in [-0.4, -0.2) is 31.5 Å². The summed E-state index contributed by atoms with van der Waals surface area (Å²) in [5, 5.41) is 3.16. The average Bonchev–Trinajstić information content (AvgIpc) is 2.52. The van der Waals surface area contributed by atoms with Crippen molar-refractivity contribution in [2.75, 3.05) is 26.0 Å². The highest BCUT2D eigenvalue weighted by atomic mass is 127. The van der Waals surface area contributed by atoms with Gasteiger partial charge in [-0.3, -0.25) is 4.99 Å². The van der Waals surface area contributed by atoms with Crippen molar-refractivity contribution >= 4 is 35.6 Å². The summed E-state index contributed by atoms with van der Waals surface area (Å²) in [4.78, 5) is 6.67. The van der Waals surface area contributed by atoms with Gasteiger partial charge in [0.15, 0.2) is 5.96 Å². The first-order chi connectivity index (χ1) is 11.0. The molecule has 0 radical (unpaired) electrons. The highest BCUT2D eigenvalue weighted by molar-refractivity contribution is 14.0. The second-order valence-electron chi connectivity index (χ2n) is 6.04. The highest BCUT2D eigenvalue weighted by Crippen LogP contribution is 2.18. The molecule has 0 aliphatic rings. The van der Waals surface area contributed by atoms with E-state index in [9.17, 15) is 0 Å². The van der Waals surface area contributed by atoms with Crippen molar-refractivity contribution in [3.05, 3.63) is 65.2 Å². The molecule has 1 unspecified atom stereocenters. The van der Waals surface area contributed by atoms with Crippen LogP contribution < -0.4 is 11.1 Å². The molecule has 1 atom stereocenters. The summed E-state index contributed by atoms with van der Waals surface area (Å²) in [6.07, 6.45) is 0. The van der Waals surface area contributed by atoms with E-state index in [1.807, 2.05) is 24.3 Å². The van der Waals surface area contributed by atoms with Gasteiger partial charge in [0.05, 0.1) is 12.6 Å². The van der Waals surface area contributed by atoms with Gasteiger partial charge in [-0.25, -0.2) is 0 Å². The number of aliphatic imine (C=N–C) groups is 1. The summed E-state index contributed by atoms with van der Waals surface area (Å²) in [6, 6.07) is 16.7. The van der Waals surface area contributed by atoms with Crippen molar-refractivity contribution in [3.63, 3.8) is 0 Å². The van der Waals surface area contributed by atoms with Crippen LogP contribution in [-0.2, 0) is 0 Å². The van der Waals surface area contributed by atoms with Crippen molar-refractivity contribution in [2.45, 2.75) is 19.9 Å². The SMILES string of the molecule is Cc1ccc(NC(N)=NCC(c2ccccc2)N(C)C)cc1C.I. The maximum absolute atomic E-state index is 6.04. The van der Waals surface area contributed by atoms with Gasteiger partial charge in [-0.1, -0.05) is 36.4 Å². The molecular formula is C19H27IN4. The van der Waals surface area contributed by atoms with Crippen molar-refractivity contribution in [3.8, 4) is 0 Å². The van der Waals surface area contributed by atoms with Crippen LogP contribution in [0.25, 0.3) is 0 Å². The Labute approximate surface area is 162 Å². The van der Waals surface area contributed by atoms with E-state index >= 15 is 0 Å². The molecule has 0 aromatic heterocycles. The van der Waals surface area contributed by atoms with Crippen LogP contribution in [0.15, 0.2) is 53.5 Å². The molecule has 2 aromatic rings. The van der Waals surface area contributed by atoms with Crippen molar-refractivity contribution in [1.82, 2.24) is 4.90 Å². The number of aryl methyl sites for hydroxylation is 2. The summed E-state index contributed by atoms with van der Waals surface area (Å²) in [6.45, 7) is 4.80. The van der Waals surface area contributed by atoms with Crippen LogP contribution >= 0.6 is 24.0 Å². The van der Waals surface area contributed by atoms with E-state index in [2.05, 4.69) is 67.4 Å². The normalized spacial score (nSPS) is 12.6. The fourth-order valence-corrected chi connectivity index (χ4v) is 2.43. The van der Waals surface area contributed by atoms with E-state index in [4.69, 9.17) is 5.73 Å². The Hall–Kier alpha value is -1.60. The first-order valence-corrected chi connectivity index (χ1v) is 7.83. The van der Waals surface area contributed by atoms with Gasteiger partial charge in [-0.2, -0.15) is 0 Å². The monoisotopic (exact) mass is 438 g/mol. The minimum absolute atomic E-state index is 0. The van der Waals surface area contributed by atoms with Gasteiger partial charge in [0.1, 0.15) is 0 Å². The first-order valence-electron chi connectivity index (χ1n) is 7.83. The standard InChI is InChI=1S/C19H26N4.HI/c1-14-10-11-17(12-15(14)2)22-19(20)21-13-18(23(3)4)16-8-6-5-7-9-16;/h5-12,18H,13H2,1-4H3,(H3,20,21,22);1H. The molecule has 0 aliphatic heterocycles. The molecule has 0 saturated heterocycles. The largest absolute Gasteiger partial charge is 0.370 e. The molecule has 2 aromatic carbocycles.